The first-order valence-electron chi connectivity index (χ1n) is 3.66. The van der Waals surface area contributed by atoms with Crippen molar-refractivity contribution in [3.8, 4) is 11.5 Å². The van der Waals surface area contributed by atoms with E-state index in [0.29, 0.717) is 0 Å². The second-order valence-electron chi connectivity index (χ2n) is 2.60. The molecule has 0 saturated heterocycles. The van der Waals surface area contributed by atoms with Gasteiger partial charge in [-0.25, -0.2) is 10.7 Å². The second-order valence-corrected chi connectivity index (χ2v) is 2.60. The molecule has 1 aromatic rings. The maximum absolute atomic E-state index is 10.6. The van der Waals surface area contributed by atoms with Crippen molar-refractivity contribution in [3.05, 3.63) is 23.8 Å². The summed E-state index contributed by atoms with van der Waals surface area (Å²) in [6.45, 7) is 0. The topological polar surface area (TPSA) is 113 Å². The Morgan fingerprint density at radius 1 is 1.36 bits per heavy atom. The summed E-state index contributed by atoms with van der Waals surface area (Å²) in [6, 6.07) is 3.52. The predicted octanol–water partition coefficient (Wildman–Crippen LogP) is 0.114. The number of hydrogen-bond acceptors (Lipinski definition) is 5. The summed E-state index contributed by atoms with van der Waals surface area (Å²) in [5, 5.41) is 26.7. The van der Waals surface area contributed by atoms with Gasteiger partial charge < -0.3 is 15.3 Å². The van der Waals surface area contributed by atoms with E-state index >= 15 is 0 Å². The molecule has 0 fully saturated rings. The molecule has 0 saturated carbocycles. The molecule has 0 radical (unpaired) electrons. The normalized spacial score (nSPS) is 12.4. The van der Waals surface area contributed by atoms with Gasteiger partial charge in [-0.3, -0.25) is 4.84 Å². The second kappa shape index (κ2) is 3.95. The van der Waals surface area contributed by atoms with Crippen molar-refractivity contribution in [1.82, 2.24) is 0 Å². The van der Waals surface area contributed by atoms with E-state index in [2.05, 4.69) is 4.84 Å². The summed E-state index contributed by atoms with van der Waals surface area (Å²) in [6.07, 6.45) is -1.36. The fourth-order valence-corrected chi connectivity index (χ4v) is 0.983. The molecular weight excluding hydrogens is 190 g/mol. The number of aromatic hydroxyl groups is 2. The van der Waals surface area contributed by atoms with Gasteiger partial charge in [0.2, 0.25) is 6.10 Å². The van der Waals surface area contributed by atoms with E-state index in [1.54, 1.807) is 0 Å². The molecule has 1 aromatic carbocycles. The Morgan fingerprint density at radius 3 is 2.43 bits per heavy atom. The molecule has 6 nitrogen and oxygen atoms in total. The fourth-order valence-electron chi connectivity index (χ4n) is 0.983. The zero-order valence-electron chi connectivity index (χ0n) is 7.04. The minimum atomic E-state index is -1.36. The molecule has 0 aromatic heterocycles. The molecule has 5 N–H and O–H groups in total. The van der Waals surface area contributed by atoms with Gasteiger partial charge in [0.1, 0.15) is 0 Å². The molecule has 0 aliphatic carbocycles. The number of aliphatic carboxylic acids is 1. The highest BCUT2D eigenvalue weighted by atomic mass is 16.6. The van der Waals surface area contributed by atoms with Gasteiger partial charge in [0, 0.05) is 0 Å². The van der Waals surface area contributed by atoms with Crippen molar-refractivity contribution >= 4 is 5.97 Å². The van der Waals surface area contributed by atoms with Crippen LogP contribution in [0.5, 0.6) is 11.5 Å². The molecule has 0 heterocycles. The van der Waals surface area contributed by atoms with Crippen LogP contribution in [-0.2, 0) is 9.63 Å². The van der Waals surface area contributed by atoms with Crippen molar-refractivity contribution in [2.45, 2.75) is 6.10 Å². The number of benzene rings is 1. The lowest BCUT2D eigenvalue weighted by molar-refractivity contribution is -0.151. The maximum Gasteiger partial charge on any atom is 0.339 e. The standard InChI is InChI=1S/C8H9NO5/c9-14-7(8(12)13)4-1-2-5(10)6(11)3-4/h1-3,7,10-11H,9H2,(H,12,13)/t7-/m1/s1. The molecule has 0 aliphatic rings. The van der Waals surface area contributed by atoms with Gasteiger partial charge in [-0.05, 0) is 17.7 Å². The Morgan fingerprint density at radius 2 is 2.00 bits per heavy atom. The fraction of sp³-hybridized carbons (Fsp3) is 0.125. The highest BCUT2D eigenvalue weighted by Crippen LogP contribution is 2.28. The number of rotatable bonds is 3. The third kappa shape index (κ3) is 1.93. The van der Waals surface area contributed by atoms with Gasteiger partial charge in [-0.1, -0.05) is 6.07 Å². The number of carbonyl (C=O) groups is 1. The van der Waals surface area contributed by atoms with Gasteiger partial charge >= 0.3 is 5.97 Å². The molecule has 1 rings (SSSR count). The molecule has 0 spiro atoms. The Hall–Kier alpha value is -1.79. The van der Waals surface area contributed by atoms with Crippen LogP contribution < -0.4 is 5.90 Å². The van der Waals surface area contributed by atoms with Gasteiger partial charge in [-0.2, -0.15) is 0 Å². The van der Waals surface area contributed by atoms with E-state index < -0.39 is 17.8 Å². The predicted molar refractivity (Wildman–Crippen MR) is 45.4 cm³/mol. The van der Waals surface area contributed by atoms with Crippen molar-refractivity contribution in [2.75, 3.05) is 0 Å². The van der Waals surface area contributed by atoms with Crippen LogP contribution in [0.4, 0.5) is 0 Å². The Labute approximate surface area is 79.1 Å². The molecular formula is C8H9NO5. The van der Waals surface area contributed by atoms with Crippen LogP contribution in [0.25, 0.3) is 0 Å². The summed E-state index contributed by atoms with van der Waals surface area (Å²) >= 11 is 0. The van der Waals surface area contributed by atoms with Gasteiger partial charge in [-0.15, -0.1) is 0 Å². The average molecular weight is 199 g/mol. The van der Waals surface area contributed by atoms with Crippen LogP contribution >= 0.6 is 0 Å². The molecule has 6 heteroatoms. The molecule has 76 valence electrons. The third-order valence-corrected chi connectivity index (χ3v) is 1.66. The zero-order valence-corrected chi connectivity index (χ0v) is 7.04. The van der Waals surface area contributed by atoms with Crippen molar-refractivity contribution in [2.24, 2.45) is 5.90 Å². The molecule has 0 amide bonds. The number of carboxylic acid groups (broad SMARTS) is 1. The molecule has 0 unspecified atom stereocenters. The van der Waals surface area contributed by atoms with E-state index in [0.717, 1.165) is 12.1 Å². The van der Waals surface area contributed by atoms with E-state index in [-0.39, 0.29) is 11.3 Å². The maximum atomic E-state index is 10.6. The van der Waals surface area contributed by atoms with Crippen molar-refractivity contribution < 1.29 is 25.0 Å². The first kappa shape index (κ1) is 10.3. The van der Waals surface area contributed by atoms with Crippen LogP contribution in [0.3, 0.4) is 0 Å². The van der Waals surface area contributed by atoms with Crippen molar-refractivity contribution in [1.29, 1.82) is 0 Å². The van der Waals surface area contributed by atoms with Gasteiger partial charge in [0.25, 0.3) is 0 Å². The van der Waals surface area contributed by atoms with Crippen LogP contribution in [-0.4, -0.2) is 21.3 Å². The first-order valence-corrected chi connectivity index (χ1v) is 3.66. The number of carboxylic acids is 1. The summed E-state index contributed by atoms with van der Waals surface area (Å²) in [4.78, 5) is 14.8. The minimum Gasteiger partial charge on any atom is -0.504 e. The monoisotopic (exact) mass is 199 g/mol. The van der Waals surface area contributed by atoms with Gasteiger partial charge in [0.15, 0.2) is 11.5 Å². The highest BCUT2D eigenvalue weighted by molar-refractivity contribution is 5.74. The largest absolute Gasteiger partial charge is 0.504 e. The Bertz CT molecular complexity index is 352. The molecule has 0 bridgehead atoms. The first-order chi connectivity index (χ1) is 6.56. The number of nitrogens with two attached hydrogens (primary N) is 1. The van der Waals surface area contributed by atoms with Crippen LogP contribution in [0, 0.1) is 0 Å². The lowest BCUT2D eigenvalue weighted by atomic mass is 10.1. The van der Waals surface area contributed by atoms with E-state index in [1.807, 2.05) is 0 Å². The van der Waals surface area contributed by atoms with Crippen LogP contribution in [0.2, 0.25) is 0 Å². The van der Waals surface area contributed by atoms with Crippen LogP contribution in [0.1, 0.15) is 11.7 Å². The quantitative estimate of drug-likeness (QED) is 0.406. The van der Waals surface area contributed by atoms with Gasteiger partial charge in [0.05, 0.1) is 0 Å². The zero-order chi connectivity index (χ0) is 10.7. The lowest BCUT2D eigenvalue weighted by Gasteiger charge is -2.10. The SMILES string of the molecule is NO[C@@H](C(=O)O)c1ccc(O)c(O)c1. The van der Waals surface area contributed by atoms with E-state index in [9.17, 15) is 4.79 Å². The van der Waals surface area contributed by atoms with E-state index in [4.69, 9.17) is 21.2 Å². The molecule has 14 heavy (non-hydrogen) atoms. The number of phenols is 2. The Kier molecular flexibility index (Phi) is 2.90. The molecule has 0 aliphatic heterocycles. The number of hydrogen-bond donors (Lipinski definition) is 4. The average Bonchev–Trinajstić information content (AvgIpc) is 2.11. The summed E-state index contributed by atoms with van der Waals surface area (Å²) < 4.78 is 0. The summed E-state index contributed by atoms with van der Waals surface area (Å²) in [5.41, 5.74) is 0.148. The summed E-state index contributed by atoms with van der Waals surface area (Å²) in [7, 11) is 0. The molecule has 1 atom stereocenters. The van der Waals surface area contributed by atoms with E-state index in [1.165, 1.54) is 6.07 Å². The minimum absolute atomic E-state index is 0.148. The Balaban J connectivity index is 3.06. The third-order valence-electron chi connectivity index (χ3n) is 1.66. The van der Waals surface area contributed by atoms with Crippen molar-refractivity contribution in [3.63, 3.8) is 0 Å². The number of phenolic OH excluding ortho intramolecular Hbond substituents is 2. The smallest absolute Gasteiger partial charge is 0.339 e. The summed E-state index contributed by atoms with van der Waals surface area (Å²) in [5.74, 6) is 2.73. The van der Waals surface area contributed by atoms with Crippen LogP contribution in [0.15, 0.2) is 18.2 Å². The lowest BCUT2D eigenvalue weighted by Crippen LogP contribution is -2.18. The highest BCUT2D eigenvalue weighted by Gasteiger charge is 2.20.